The zero-order valence-corrected chi connectivity index (χ0v) is 14.1. The first-order chi connectivity index (χ1) is 11.7. The van der Waals surface area contributed by atoms with E-state index in [2.05, 4.69) is 30.1 Å². The SMILES string of the molecule is CCc1nsc(Nc2ccc(NC(=O)[C@H](C)n3cncn3)cc2)n1. The molecule has 24 heavy (non-hydrogen) atoms. The highest BCUT2D eigenvalue weighted by Crippen LogP contribution is 2.21. The smallest absolute Gasteiger partial charge is 0.249 e. The first kappa shape index (κ1) is 16.1. The topological polar surface area (TPSA) is 97.6 Å². The number of anilines is 3. The number of hydrogen-bond acceptors (Lipinski definition) is 7. The van der Waals surface area contributed by atoms with Crippen LogP contribution in [0, 0.1) is 0 Å². The van der Waals surface area contributed by atoms with Crippen molar-refractivity contribution in [3.05, 3.63) is 42.7 Å². The molecular weight excluding hydrogens is 326 g/mol. The number of aromatic nitrogens is 5. The molecule has 0 radical (unpaired) electrons. The Kier molecular flexibility index (Phi) is 4.80. The Labute approximate surface area is 143 Å². The van der Waals surface area contributed by atoms with Crippen molar-refractivity contribution < 1.29 is 4.79 Å². The first-order valence-corrected chi connectivity index (χ1v) is 8.27. The third-order valence-corrected chi connectivity index (χ3v) is 4.07. The number of carbonyl (C=O) groups excluding carboxylic acids is 1. The second-order valence-electron chi connectivity index (χ2n) is 5.11. The number of hydrogen-bond donors (Lipinski definition) is 2. The third kappa shape index (κ3) is 3.74. The minimum Gasteiger partial charge on any atom is -0.330 e. The molecule has 0 saturated heterocycles. The van der Waals surface area contributed by atoms with Gasteiger partial charge in [0.05, 0.1) is 0 Å². The van der Waals surface area contributed by atoms with Crippen LogP contribution in [0.4, 0.5) is 16.5 Å². The van der Waals surface area contributed by atoms with Crippen molar-refractivity contribution >= 4 is 33.9 Å². The van der Waals surface area contributed by atoms with Gasteiger partial charge in [-0.15, -0.1) is 0 Å². The average Bonchev–Trinajstić information content (AvgIpc) is 3.27. The number of carbonyl (C=O) groups is 1. The van der Waals surface area contributed by atoms with Gasteiger partial charge in [-0.05, 0) is 31.2 Å². The molecule has 0 fully saturated rings. The van der Waals surface area contributed by atoms with Gasteiger partial charge in [0.2, 0.25) is 11.0 Å². The largest absolute Gasteiger partial charge is 0.330 e. The van der Waals surface area contributed by atoms with Gasteiger partial charge in [-0.25, -0.2) is 14.6 Å². The van der Waals surface area contributed by atoms with Crippen LogP contribution in [0.1, 0.15) is 25.7 Å². The standard InChI is InChI=1S/C15H17N7OS/c1-3-13-20-15(24-21-13)19-12-6-4-11(5-7-12)18-14(23)10(2)22-9-16-8-17-22/h4-10H,3H2,1-2H3,(H,18,23)(H,19,20,21)/t10-/m0/s1. The number of amides is 1. The number of nitrogens with zero attached hydrogens (tertiary/aromatic N) is 5. The fourth-order valence-corrected chi connectivity index (χ4v) is 2.66. The molecule has 0 aliphatic carbocycles. The zero-order chi connectivity index (χ0) is 16.9. The van der Waals surface area contributed by atoms with Crippen molar-refractivity contribution in [3.63, 3.8) is 0 Å². The van der Waals surface area contributed by atoms with Gasteiger partial charge >= 0.3 is 0 Å². The van der Waals surface area contributed by atoms with Crippen molar-refractivity contribution in [2.45, 2.75) is 26.3 Å². The van der Waals surface area contributed by atoms with E-state index in [4.69, 9.17) is 0 Å². The van der Waals surface area contributed by atoms with E-state index in [9.17, 15) is 4.79 Å². The highest BCUT2D eigenvalue weighted by molar-refractivity contribution is 7.09. The highest BCUT2D eigenvalue weighted by Gasteiger charge is 2.15. The molecule has 1 aromatic carbocycles. The summed E-state index contributed by atoms with van der Waals surface area (Å²) in [6.45, 7) is 3.78. The van der Waals surface area contributed by atoms with Crippen LogP contribution < -0.4 is 10.6 Å². The average molecular weight is 343 g/mol. The summed E-state index contributed by atoms with van der Waals surface area (Å²) in [5.41, 5.74) is 1.60. The molecule has 9 heteroatoms. The van der Waals surface area contributed by atoms with E-state index in [1.807, 2.05) is 31.2 Å². The van der Waals surface area contributed by atoms with E-state index in [0.29, 0.717) is 5.69 Å². The molecule has 2 N–H and O–H groups in total. The van der Waals surface area contributed by atoms with Crippen LogP contribution in [-0.2, 0) is 11.2 Å². The lowest BCUT2D eigenvalue weighted by atomic mass is 10.2. The normalized spacial score (nSPS) is 11.9. The summed E-state index contributed by atoms with van der Waals surface area (Å²) < 4.78 is 5.74. The van der Waals surface area contributed by atoms with Crippen LogP contribution in [-0.4, -0.2) is 30.0 Å². The molecule has 8 nitrogen and oxygen atoms in total. The summed E-state index contributed by atoms with van der Waals surface area (Å²) in [4.78, 5) is 20.4. The lowest BCUT2D eigenvalue weighted by Gasteiger charge is -2.12. The van der Waals surface area contributed by atoms with E-state index in [-0.39, 0.29) is 5.91 Å². The lowest BCUT2D eigenvalue weighted by molar-refractivity contribution is -0.119. The monoisotopic (exact) mass is 343 g/mol. The quantitative estimate of drug-likeness (QED) is 0.714. The van der Waals surface area contributed by atoms with Crippen LogP contribution in [0.2, 0.25) is 0 Å². The maximum Gasteiger partial charge on any atom is 0.249 e. The zero-order valence-electron chi connectivity index (χ0n) is 13.3. The predicted molar refractivity (Wildman–Crippen MR) is 92.4 cm³/mol. The molecule has 0 bridgehead atoms. The van der Waals surface area contributed by atoms with Crippen LogP contribution in [0.25, 0.3) is 0 Å². The molecule has 3 rings (SSSR count). The van der Waals surface area contributed by atoms with Crippen LogP contribution in [0.3, 0.4) is 0 Å². The second-order valence-corrected chi connectivity index (χ2v) is 5.86. The minimum atomic E-state index is -0.431. The van der Waals surface area contributed by atoms with Crippen LogP contribution in [0.15, 0.2) is 36.9 Å². The van der Waals surface area contributed by atoms with Gasteiger partial charge in [0, 0.05) is 29.3 Å². The summed E-state index contributed by atoms with van der Waals surface area (Å²) in [7, 11) is 0. The molecule has 0 aliphatic rings. The maximum absolute atomic E-state index is 12.2. The molecule has 1 amide bonds. The first-order valence-electron chi connectivity index (χ1n) is 7.50. The van der Waals surface area contributed by atoms with Gasteiger partial charge in [-0.2, -0.15) is 9.47 Å². The lowest BCUT2D eigenvalue weighted by Crippen LogP contribution is -2.23. The van der Waals surface area contributed by atoms with Crippen molar-refractivity contribution in [2.24, 2.45) is 0 Å². The Hall–Kier alpha value is -2.81. The number of rotatable bonds is 6. The number of benzene rings is 1. The molecule has 1 atom stereocenters. The van der Waals surface area contributed by atoms with Gasteiger partial charge in [-0.1, -0.05) is 6.92 Å². The van der Waals surface area contributed by atoms with Crippen molar-refractivity contribution in [1.29, 1.82) is 0 Å². The Bertz CT molecular complexity index is 798. The summed E-state index contributed by atoms with van der Waals surface area (Å²) in [5, 5.41) is 10.8. The van der Waals surface area contributed by atoms with Crippen molar-refractivity contribution in [2.75, 3.05) is 10.6 Å². The fourth-order valence-electron chi connectivity index (χ4n) is 1.99. The molecule has 0 saturated carbocycles. The molecule has 124 valence electrons. The molecule has 3 aromatic rings. The predicted octanol–water partition coefficient (Wildman–Crippen LogP) is 2.64. The minimum absolute atomic E-state index is 0.155. The van der Waals surface area contributed by atoms with E-state index < -0.39 is 6.04 Å². The van der Waals surface area contributed by atoms with Gasteiger partial charge < -0.3 is 10.6 Å². The van der Waals surface area contributed by atoms with Gasteiger partial charge in [0.15, 0.2) is 0 Å². The third-order valence-electron chi connectivity index (χ3n) is 3.40. The maximum atomic E-state index is 12.2. The Morgan fingerprint density at radius 3 is 2.67 bits per heavy atom. The van der Waals surface area contributed by atoms with E-state index in [0.717, 1.165) is 23.1 Å². The Balaban J connectivity index is 1.61. The summed E-state index contributed by atoms with van der Waals surface area (Å²) in [6, 6.07) is 6.98. The van der Waals surface area contributed by atoms with Crippen molar-refractivity contribution in [3.8, 4) is 0 Å². The molecule has 0 spiro atoms. The van der Waals surface area contributed by atoms with E-state index in [1.165, 1.54) is 28.9 Å². The molecule has 2 heterocycles. The molecule has 2 aromatic heterocycles. The highest BCUT2D eigenvalue weighted by atomic mass is 32.1. The van der Waals surface area contributed by atoms with Crippen LogP contribution >= 0.6 is 11.5 Å². The van der Waals surface area contributed by atoms with Gasteiger partial charge in [0.1, 0.15) is 24.5 Å². The Morgan fingerprint density at radius 1 is 1.29 bits per heavy atom. The fraction of sp³-hybridized carbons (Fsp3) is 0.267. The van der Waals surface area contributed by atoms with Crippen LogP contribution in [0.5, 0.6) is 0 Å². The number of nitrogens with one attached hydrogen (secondary N) is 2. The van der Waals surface area contributed by atoms with Crippen molar-refractivity contribution in [1.82, 2.24) is 24.1 Å². The molecule has 0 aliphatic heterocycles. The summed E-state index contributed by atoms with van der Waals surface area (Å²) in [6.07, 6.45) is 3.73. The van der Waals surface area contributed by atoms with E-state index >= 15 is 0 Å². The summed E-state index contributed by atoms with van der Waals surface area (Å²) >= 11 is 1.33. The molecular formula is C15H17N7OS. The van der Waals surface area contributed by atoms with E-state index in [1.54, 1.807) is 6.92 Å². The van der Waals surface area contributed by atoms with Gasteiger partial charge in [0.25, 0.3) is 0 Å². The number of aryl methyl sites for hydroxylation is 1. The molecule has 0 unspecified atom stereocenters. The second kappa shape index (κ2) is 7.18. The Morgan fingerprint density at radius 2 is 2.04 bits per heavy atom. The van der Waals surface area contributed by atoms with Gasteiger partial charge in [-0.3, -0.25) is 4.79 Å². The summed E-state index contributed by atoms with van der Waals surface area (Å²) in [5.74, 6) is 0.673.